The number of ether oxygens (including phenoxy) is 2. The highest BCUT2D eigenvalue weighted by Crippen LogP contribution is 2.27. The molecule has 2 aromatic rings. The Morgan fingerprint density at radius 1 is 0.905 bits per heavy atom. The SMILES string of the molecule is NCc1ccc(OCCCOc2cc(Cl)ccc2Cl)cc1. The Morgan fingerprint density at radius 2 is 1.62 bits per heavy atom. The van der Waals surface area contributed by atoms with E-state index in [4.69, 9.17) is 38.4 Å². The first-order valence-corrected chi connectivity index (χ1v) is 7.44. The standard InChI is InChI=1S/C16H17Cl2NO2/c17-13-4-7-15(18)16(10-13)21-9-1-8-20-14-5-2-12(11-19)3-6-14/h2-7,10H,1,8-9,11,19H2. The molecule has 21 heavy (non-hydrogen) atoms. The molecule has 0 spiro atoms. The number of hydrogen-bond acceptors (Lipinski definition) is 3. The topological polar surface area (TPSA) is 44.5 Å². The van der Waals surface area contributed by atoms with Crippen molar-refractivity contribution in [3.8, 4) is 11.5 Å². The van der Waals surface area contributed by atoms with Crippen molar-refractivity contribution in [2.24, 2.45) is 5.73 Å². The van der Waals surface area contributed by atoms with Crippen LogP contribution in [0.15, 0.2) is 42.5 Å². The lowest BCUT2D eigenvalue weighted by Crippen LogP contribution is -2.05. The van der Waals surface area contributed by atoms with Gasteiger partial charge in [-0.15, -0.1) is 0 Å². The molecule has 0 aromatic heterocycles. The van der Waals surface area contributed by atoms with Gasteiger partial charge in [0.25, 0.3) is 0 Å². The van der Waals surface area contributed by atoms with Gasteiger partial charge in [-0.05, 0) is 29.8 Å². The number of halogens is 2. The third-order valence-corrected chi connectivity index (χ3v) is 3.41. The normalized spacial score (nSPS) is 10.4. The lowest BCUT2D eigenvalue weighted by Gasteiger charge is -2.09. The first kappa shape index (κ1) is 16.0. The molecule has 0 bridgehead atoms. The Labute approximate surface area is 134 Å². The molecule has 0 radical (unpaired) electrons. The minimum absolute atomic E-state index is 0.515. The van der Waals surface area contributed by atoms with Crippen LogP contribution < -0.4 is 15.2 Å². The van der Waals surface area contributed by atoms with Crippen LogP contribution in [-0.2, 0) is 6.54 Å². The van der Waals surface area contributed by atoms with E-state index in [1.165, 1.54) is 0 Å². The van der Waals surface area contributed by atoms with E-state index in [0.29, 0.717) is 35.6 Å². The van der Waals surface area contributed by atoms with Crippen LogP contribution in [0.5, 0.6) is 11.5 Å². The average Bonchev–Trinajstić information content (AvgIpc) is 2.51. The van der Waals surface area contributed by atoms with Gasteiger partial charge in [-0.2, -0.15) is 0 Å². The van der Waals surface area contributed by atoms with Crippen molar-refractivity contribution in [3.63, 3.8) is 0 Å². The van der Waals surface area contributed by atoms with E-state index in [2.05, 4.69) is 0 Å². The van der Waals surface area contributed by atoms with Crippen molar-refractivity contribution < 1.29 is 9.47 Å². The van der Waals surface area contributed by atoms with Gasteiger partial charge in [0.15, 0.2) is 0 Å². The Balaban J connectivity index is 1.71. The minimum Gasteiger partial charge on any atom is -0.493 e. The maximum Gasteiger partial charge on any atom is 0.139 e. The van der Waals surface area contributed by atoms with Crippen molar-refractivity contribution in [2.75, 3.05) is 13.2 Å². The third kappa shape index (κ3) is 5.12. The third-order valence-electron chi connectivity index (χ3n) is 2.87. The first-order chi connectivity index (χ1) is 10.2. The van der Waals surface area contributed by atoms with Crippen LogP contribution in [0.4, 0.5) is 0 Å². The molecule has 0 atom stereocenters. The summed E-state index contributed by atoms with van der Waals surface area (Å²) in [4.78, 5) is 0. The van der Waals surface area contributed by atoms with E-state index in [0.717, 1.165) is 17.7 Å². The summed E-state index contributed by atoms with van der Waals surface area (Å²) < 4.78 is 11.2. The van der Waals surface area contributed by atoms with Gasteiger partial charge in [-0.1, -0.05) is 35.3 Å². The zero-order valence-electron chi connectivity index (χ0n) is 11.5. The predicted octanol–water partition coefficient (Wildman–Crippen LogP) is 4.30. The van der Waals surface area contributed by atoms with Gasteiger partial charge in [0, 0.05) is 24.1 Å². The second-order valence-electron chi connectivity index (χ2n) is 4.47. The summed E-state index contributed by atoms with van der Waals surface area (Å²) in [5.41, 5.74) is 6.62. The lowest BCUT2D eigenvalue weighted by atomic mass is 10.2. The molecule has 5 heteroatoms. The van der Waals surface area contributed by atoms with Crippen LogP contribution in [0.1, 0.15) is 12.0 Å². The Hall–Kier alpha value is -1.42. The zero-order valence-corrected chi connectivity index (χ0v) is 13.0. The quantitative estimate of drug-likeness (QED) is 0.772. The van der Waals surface area contributed by atoms with Gasteiger partial charge >= 0.3 is 0 Å². The molecule has 0 unspecified atom stereocenters. The minimum atomic E-state index is 0.515. The first-order valence-electron chi connectivity index (χ1n) is 6.68. The van der Waals surface area contributed by atoms with Gasteiger partial charge < -0.3 is 15.2 Å². The molecule has 0 heterocycles. The van der Waals surface area contributed by atoms with Gasteiger partial charge in [0.2, 0.25) is 0 Å². The molecular weight excluding hydrogens is 309 g/mol. The fourth-order valence-corrected chi connectivity index (χ4v) is 2.07. The maximum atomic E-state index is 6.01. The second kappa shape index (κ2) is 8.13. The molecule has 0 saturated heterocycles. The highest BCUT2D eigenvalue weighted by atomic mass is 35.5. The molecule has 112 valence electrons. The zero-order chi connectivity index (χ0) is 15.1. The highest BCUT2D eigenvalue weighted by Gasteiger charge is 2.02. The van der Waals surface area contributed by atoms with E-state index in [1.54, 1.807) is 18.2 Å². The van der Waals surface area contributed by atoms with E-state index >= 15 is 0 Å². The molecule has 0 aliphatic rings. The van der Waals surface area contributed by atoms with Crippen LogP contribution >= 0.6 is 23.2 Å². The smallest absolute Gasteiger partial charge is 0.139 e. The molecular formula is C16H17Cl2NO2. The summed E-state index contributed by atoms with van der Waals surface area (Å²) in [6.45, 7) is 1.62. The van der Waals surface area contributed by atoms with Crippen molar-refractivity contribution in [1.82, 2.24) is 0 Å². The molecule has 0 aliphatic carbocycles. The van der Waals surface area contributed by atoms with E-state index in [9.17, 15) is 0 Å². The van der Waals surface area contributed by atoms with Crippen molar-refractivity contribution in [1.29, 1.82) is 0 Å². The molecule has 2 rings (SSSR count). The van der Waals surface area contributed by atoms with Crippen molar-refractivity contribution in [3.05, 3.63) is 58.1 Å². The molecule has 0 aliphatic heterocycles. The van der Waals surface area contributed by atoms with E-state index in [-0.39, 0.29) is 0 Å². The van der Waals surface area contributed by atoms with Crippen LogP contribution in [0, 0.1) is 0 Å². The number of nitrogens with two attached hydrogens (primary N) is 1. The average molecular weight is 326 g/mol. The second-order valence-corrected chi connectivity index (χ2v) is 5.32. The fourth-order valence-electron chi connectivity index (χ4n) is 1.74. The van der Waals surface area contributed by atoms with Crippen LogP contribution in [0.3, 0.4) is 0 Å². The Kier molecular flexibility index (Phi) is 6.18. The number of rotatable bonds is 7. The monoisotopic (exact) mass is 325 g/mol. The maximum absolute atomic E-state index is 6.01. The van der Waals surface area contributed by atoms with Gasteiger partial charge in [-0.25, -0.2) is 0 Å². The van der Waals surface area contributed by atoms with Gasteiger partial charge in [0.05, 0.1) is 18.2 Å². The molecule has 0 amide bonds. The van der Waals surface area contributed by atoms with Gasteiger partial charge in [0.1, 0.15) is 11.5 Å². The van der Waals surface area contributed by atoms with Crippen LogP contribution in [0.25, 0.3) is 0 Å². The van der Waals surface area contributed by atoms with Gasteiger partial charge in [-0.3, -0.25) is 0 Å². The van der Waals surface area contributed by atoms with E-state index in [1.807, 2.05) is 24.3 Å². The molecule has 0 fully saturated rings. The Morgan fingerprint density at radius 3 is 2.33 bits per heavy atom. The largest absolute Gasteiger partial charge is 0.493 e. The summed E-state index contributed by atoms with van der Waals surface area (Å²) >= 11 is 11.9. The number of hydrogen-bond donors (Lipinski definition) is 1. The van der Waals surface area contributed by atoms with Crippen molar-refractivity contribution in [2.45, 2.75) is 13.0 Å². The summed E-state index contributed by atoms with van der Waals surface area (Å²) in [7, 11) is 0. The molecule has 0 saturated carbocycles. The van der Waals surface area contributed by atoms with Crippen LogP contribution in [-0.4, -0.2) is 13.2 Å². The lowest BCUT2D eigenvalue weighted by molar-refractivity contribution is 0.247. The summed E-state index contributed by atoms with van der Waals surface area (Å²) in [6, 6.07) is 12.9. The number of benzene rings is 2. The summed E-state index contributed by atoms with van der Waals surface area (Å²) in [6.07, 6.45) is 0.751. The highest BCUT2D eigenvalue weighted by molar-refractivity contribution is 6.34. The molecule has 3 nitrogen and oxygen atoms in total. The molecule has 2 aromatic carbocycles. The summed E-state index contributed by atoms with van der Waals surface area (Å²) in [5, 5.41) is 1.16. The summed E-state index contributed by atoms with van der Waals surface area (Å²) in [5.74, 6) is 1.42. The fraction of sp³-hybridized carbons (Fsp3) is 0.250. The Bertz CT molecular complexity index is 573. The van der Waals surface area contributed by atoms with Crippen LogP contribution in [0.2, 0.25) is 10.0 Å². The predicted molar refractivity (Wildman–Crippen MR) is 86.4 cm³/mol. The molecule has 2 N–H and O–H groups in total. The van der Waals surface area contributed by atoms with Crippen molar-refractivity contribution >= 4 is 23.2 Å². The van der Waals surface area contributed by atoms with E-state index < -0.39 is 0 Å².